The predicted molar refractivity (Wildman–Crippen MR) is 112 cm³/mol. The fourth-order valence-corrected chi connectivity index (χ4v) is 3.82. The predicted octanol–water partition coefficient (Wildman–Crippen LogP) is 3.74. The molecule has 0 bridgehead atoms. The van der Waals surface area contributed by atoms with Crippen LogP contribution in [0.3, 0.4) is 0 Å². The number of nitrogens with one attached hydrogen (secondary N) is 1. The van der Waals surface area contributed by atoms with Gasteiger partial charge in [0.2, 0.25) is 0 Å². The van der Waals surface area contributed by atoms with Gasteiger partial charge in [-0.2, -0.15) is 0 Å². The van der Waals surface area contributed by atoms with Gasteiger partial charge in [0.05, 0.1) is 11.7 Å². The Balaban J connectivity index is 1.53. The van der Waals surface area contributed by atoms with E-state index in [9.17, 15) is 9.59 Å². The van der Waals surface area contributed by atoms with Crippen LogP contribution in [0.25, 0.3) is 0 Å². The first-order valence-electron chi connectivity index (χ1n) is 10.2. The Morgan fingerprint density at radius 1 is 1.14 bits per heavy atom. The van der Waals surface area contributed by atoms with E-state index in [0.29, 0.717) is 11.3 Å². The summed E-state index contributed by atoms with van der Waals surface area (Å²) >= 11 is 0. The molecule has 1 fully saturated rings. The molecular weight excluding hydrogens is 366 g/mol. The number of carbonyl (C=O) groups is 2. The Morgan fingerprint density at radius 2 is 1.83 bits per heavy atom. The van der Waals surface area contributed by atoms with Gasteiger partial charge in [0.1, 0.15) is 5.75 Å². The molecule has 3 rings (SSSR count). The number of rotatable bonds is 6. The van der Waals surface area contributed by atoms with Crippen molar-refractivity contribution in [3.8, 4) is 5.75 Å². The lowest BCUT2D eigenvalue weighted by atomic mass is 9.97. The summed E-state index contributed by atoms with van der Waals surface area (Å²) in [5, 5.41) is 2.93. The molecule has 0 spiro atoms. The van der Waals surface area contributed by atoms with Gasteiger partial charge < -0.3 is 15.0 Å². The van der Waals surface area contributed by atoms with Crippen molar-refractivity contribution >= 4 is 11.8 Å². The number of benzene rings is 1. The van der Waals surface area contributed by atoms with Crippen LogP contribution in [0.5, 0.6) is 5.75 Å². The Hall–Kier alpha value is -2.89. The molecule has 6 nitrogen and oxygen atoms in total. The maximum Gasteiger partial charge on any atom is 0.260 e. The summed E-state index contributed by atoms with van der Waals surface area (Å²) in [7, 11) is 0. The Morgan fingerprint density at radius 3 is 2.45 bits per heavy atom. The molecule has 1 saturated heterocycles. The number of carbonyl (C=O) groups excluding carboxylic acids is 2. The third-order valence-electron chi connectivity index (χ3n) is 5.44. The molecule has 2 aromatic rings. The van der Waals surface area contributed by atoms with Crippen LogP contribution in [0.15, 0.2) is 48.7 Å². The van der Waals surface area contributed by atoms with E-state index >= 15 is 0 Å². The Kier molecular flexibility index (Phi) is 6.86. The van der Waals surface area contributed by atoms with Crippen molar-refractivity contribution in [3.05, 3.63) is 59.9 Å². The number of hydrogen-bond donors (Lipinski definition) is 1. The fourth-order valence-electron chi connectivity index (χ4n) is 3.82. The molecule has 29 heavy (non-hydrogen) atoms. The lowest BCUT2D eigenvalue weighted by molar-refractivity contribution is -0.139. The highest BCUT2D eigenvalue weighted by Crippen LogP contribution is 2.23. The standard InChI is InChI=1S/C23H29N3O3/c1-16-7-6-8-17(2)26(16)22(27)15-29-20-12-10-19(11-13-20)23(28)25-18(3)21-9-4-5-14-24-21/h4-5,9-14,16-18H,6-8,15H2,1-3H3,(H,25,28). The van der Waals surface area contributed by atoms with Crippen LogP contribution in [-0.2, 0) is 4.79 Å². The van der Waals surface area contributed by atoms with Gasteiger partial charge >= 0.3 is 0 Å². The molecule has 2 amide bonds. The molecule has 3 unspecified atom stereocenters. The van der Waals surface area contributed by atoms with Crippen LogP contribution in [0.4, 0.5) is 0 Å². The van der Waals surface area contributed by atoms with Gasteiger partial charge in [0.25, 0.3) is 11.8 Å². The molecule has 1 aliphatic heterocycles. The van der Waals surface area contributed by atoms with E-state index in [4.69, 9.17) is 4.74 Å². The third kappa shape index (κ3) is 5.34. The Labute approximate surface area is 172 Å². The van der Waals surface area contributed by atoms with E-state index in [0.717, 1.165) is 25.0 Å². The summed E-state index contributed by atoms with van der Waals surface area (Å²) in [6.45, 7) is 6.09. The molecule has 0 aliphatic carbocycles. The summed E-state index contributed by atoms with van der Waals surface area (Å²) in [6, 6.07) is 12.8. The highest BCUT2D eigenvalue weighted by Gasteiger charge is 2.29. The molecule has 1 aliphatic rings. The van der Waals surface area contributed by atoms with Gasteiger partial charge in [-0.3, -0.25) is 14.6 Å². The lowest BCUT2D eigenvalue weighted by Crippen LogP contribution is -2.49. The van der Waals surface area contributed by atoms with Crippen LogP contribution in [0.2, 0.25) is 0 Å². The maximum atomic E-state index is 12.6. The SMILES string of the molecule is CC(NC(=O)c1ccc(OCC(=O)N2C(C)CCCC2C)cc1)c1ccccn1. The van der Waals surface area contributed by atoms with Crippen molar-refractivity contribution in [1.29, 1.82) is 0 Å². The van der Waals surface area contributed by atoms with Gasteiger partial charge in [-0.05, 0) is 76.4 Å². The number of hydrogen-bond acceptors (Lipinski definition) is 4. The second-order valence-corrected chi connectivity index (χ2v) is 7.69. The maximum absolute atomic E-state index is 12.6. The number of aromatic nitrogens is 1. The van der Waals surface area contributed by atoms with Crippen LogP contribution in [-0.4, -0.2) is 40.4 Å². The molecule has 0 saturated carbocycles. The summed E-state index contributed by atoms with van der Waals surface area (Å²) in [5.74, 6) is 0.405. The lowest BCUT2D eigenvalue weighted by Gasteiger charge is -2.38. The van der Waals surface area contributed by atoms with Crippen molar-refractivity contribution in [1.82, 2.24) is 15.2 Å². The van der Waals surface area contributed by atoms with Gasteiger partial charge in [-0.25, -0.2) is 0 Å². The molecule has 0 radical (unpaired) electrons. The topological polar surface area (TPSA) is 71.5 Å². The van der Waals surface area contributed by atoms with E-state index in [1.165, 1.54) is 0 Å². The highest BCUT2D eigenvalue weighted by molar-refractivity contribution is 5.94. The molecular formula is C23H29N3O3. The van der Waals surface area contributed by atoms with E-state index in [1.54, 1.807) is 30.5 Å². The van der Waals surface area contributed by atoms with Gasteiger partial charge in [-0.15, -0.1) is 0 Å². The van der Waals surface area contributed by atoms with Crippen molar-refractivity contribution in [2.45, 2.75) is 58.2 Å². The van der Waals surface area contributed by atoms with Crippen LogP contribution in [0.1, 0.15) is 62.1 Å². The first-order chi connectivity index (χ1) is 14.0. The third-order valence-corrected chi connectivity index (χ3v) is 5.44. The van der Waals surface area contributed by atoms with Gasteiger partial charge in [0.15, 0.2) is 6.61 Å². The van der Waals surface area contributed by atoms with E-state index in [1.807, 2.05) is 30.0 Å². The minimum Gasteiger partial charge on any atom is -0.484 e. The second kappa shape index (κ2) is 9.54. The first kappa shape index (κ1) is 20.8. The van der Waals surface area contributed by atoms with E-state index in [-0.39, 0.29) is 36.5 Å². The quantitative estimate of drug-likeness (QED) is 0.809. The van der Waals surface area contributed by atoms with E-state index in [2.05, 4.69) is 24.1 Å². The van der Waals surface area contributed by atoms with Gasteiger partial charge in [-0.1, -0.05) is 6.07 Å². The fraction of sp³-hybridized carbons (Fsp3) is 0.435. The average molecular weight is 396 g/mol. The van der Waals surface area contributed by atoms with Crippen LogP contribution >= 0.6 is 0 Å². The zero-order chi connectivity index (χ0) is 20.8. The minimum absolute atomic E-state index is 0.00991. The Bertz CT molecular complexity index is 813. The zero-order valence-electron chi connectivity index (χ0n) is 17.3. The van der Waals surface area contributed by atoms with Crippen molar-refractivity contribution in [2.24, 2.45) is 0 Å². The summed E-state index contributed by atoms with van der Waals surface area (Å²) < 4.78 is 5.67. The van der Waals surface area contributed by atoms with Crippen LogP contribution in [0, 0.1) is 0 Å². The first-order valence-corrected chi connectivity index (χ1v) is 10.2. The number of ether oxygens (including phenoxy) is 1. The largest absolute Gasteiger partial charge is 0.484 e. The number of amides is 2. The minimum atomic E-state index is -0.189. The summed E-state index contributed by atoms with van der Waals surface area (Å²) in [4.78, 5) is 31.2. The van der Waals surface area contributed by atoms with Gasteiger partial charge in [0, 0.05) is 23.8 Å². The molecule has 6 heteroatoms. The normalized spacial score (nSPS) is 20.0. The molecule has 2 heterocycles. The van der Waals surface area contributed by atoms with Crippen molar-refractivity contribution < 1.29 is 14.3 Å². The van der Waals surface area contributed by atoms with E-state index < -0.39 is 0 Å². The van der Waals surface area contributed by atoms with Crippen molar-refractivity contribution in [3.63, 3.8) is 0 Å². The molecule has 1 N–H and O–H groups in total. The molecule has 3 atom stereocenters. The number of pyridine rings is 1. The average Bonchev–Trinajstić information content (AvgIpc) is 2.73. The highest BCUT2D eigenvalue weighted by atomic mass is 16.5. The monoisotopic (exact) mass is 395 g/mol. The summed E-state index contributed by atoms with van der Waals surface area (Å²) in [6.07, 6.45) is 4.94. The zero-order valence-corrected chi connectivity index (χ0v) is 17.3. The molecule has 1 aromatic carbocycles. The molecule has 154 valence electrons. The number of piperidine rings is 1. The van der Waals surface area contributed by atoms with Crippen molar-refractivity contribution in [2.75, 3.05) is 6.61 Å². The molecule has 1 aromatic heterocycles. The number of nitrogens with zero attached hydrogens (tertiary/aromatic N) is 2. The van der Waals surface area contributed by atoms with Crippen LogP contribution < -0.4 is 10.1 Å². The number of likely N-dealkylation sites (tertiary alicyclic amines) is 1. The second-order valence-electron chi connectivity index (χ2n) is 7.69. The smallest absolute Gasteiger partial charge is 0.260 e. The summed E-state index contributed by atoms with van der Waals surface area (Å²) in [5.41, 5.74) is 1.34.